The zero-order chi connectivity index (χ0) is 19.0. The lowest BCUT2D eigenvalue weighted by Crippen LogP contribution is -2.16. The topological polar surface area (TPSA) is 67.8 Å². The predicted molar refractivity (Wildman–Crippen MR) is 94.7 cm³/mol. The maximum Gasteiger partial charge on any atom is 0.573 e. The molecule has 6 nitrogen and oxygen atoms in total. The van der Waals surface area contributed by atoms with Gasteiger partial charge in [-0.15, -0.1) is 13.2 Å². The molecular weight excluding hydrogens is 359 g/mol. The maximum atomic E-state index is 12.2. The van der Waals surface area contributed by atoms with Crippen LogP contribution in [0.2, 0.25) is 0 Å². The van der Waals surface area contributed by atoms with E-state index in [1.54, 1.807) is 17.1 Å². The number of aromatic nitrogens is 4. The van der Waals surface area contributed by atoms with Crippen molar-refractivity contribution in [2.24, 2.45) is 7.05 Å². The van der Waals surface area contributed by atoms with Crippen LogP contribution >= 0.6 is 0 Å². The van der Waals surface area contributed by atoms with Gasteiger partial charge in [-0.1, -0.05) is 0 Å². The number of fused-ring (bicyclic) bond motifs is 1. The molecule has 0 aliphatic carbocycles. The summed E-state index contributed by atoms with van der Waals surface area (Å²) >= 11 is 0. The lowest BCUT2D eigenvalue weighted by Gasteiger charge is -2.10. The average molecular weight is 373 g/mol. The van der Waals surface area contributed by atoms with Gasteiger partial charge in [0, 0.05) is 41.8 Å². The van der Waals surface area contributed by atoms with Gasteiger partial charge in [0.05, 0.1) is 11.7 Å². The Morgan fingerprint density at radius 2 is 1.93 bits per heavy atom. The predicted octanol–water partition coefficient (Wildman–Crippen LogP) is 4.61. The number of H-pyrrole nitrogens is 1. The molecule has 0 spiro atoms. The molecule has 0 aliphatic heterocycles. The number of benzene rings is 1. The first kappa shape index (κ1) is 17.0. The third-order valence-corrected chi connectivity index (χ3v) is 3.91. The number of aromatic amines is 1. The van der Waals surface area contributed by atoms with Crippen LogP contribution in [0.5, 0.6) is 5.75 Å². The monoisotopic (exact) mass is 373 g/mol. The minimum absolute atomic E-state index is 0.278. The number of hydrogen-bond acceptors (Lipinski definition) is 4. The van der Waals surface area contributed by atoms with Crippen molar-refractivity contribution >= 4 is 22.4 Å². The van der Waals surface area contributed by atoms with Crippen molar-refractivity contribution in [2.45, 2.75) is 6.36 Å². The van der Waals surface area contributed by atoms with Gasteiger partial charge in [-0.05, 0) is 36.4 Å². The number of alkyl halides is 3. The number of anilines is 2. The van der Waals surface area contributed by atoms with Gasteiger partial charge in [0.15, 0.2) is 0 Å². The highest BCUT2D eigenvalue weighted by molar-refractivity contribution is 5.95. The largest absolute Gasteiger partial charge is 0.573 e. The maximum absolute atomic E-state index is 12.2. The van der Waals surface area contributed by atoms with Crippen molar-refractivity contribution in [3.05, 3.63) is 55.0 Å². The lowest BCUT2D eigenvalue weighted by molar-refractivity contribution is -0.274. The van der Waals surface area contributed by atoms with Crippen LogP contribution in [0.1, 0.15) is 0 Å². The number of nitrogens with one attached hydrogen (secondary N) is 2. The second kappa shape index (κ2) is 6.35. The van der Waals surface area contributed by atoms with Crippen LogP contribution in [0.15, 0.2) is 55.0 Å². The van der Waals surface area contributed by atoms with Gasteiger partial charge in [0.2, 0.25) is 0 Å². The Morgan fingerprint density at radius 1 is 1.15 bits per heavy atom. The molecule has 138 valence electrons. The first-order valence-corrected chi connectivity index (χ1v) is 7.97. The molecule has 0 atom stereocenters. The van der Waals surface area contributed by atoms with Crippen LogP contribution in [-0.2, 0) is 7.05 Å². The summed E-state index contributed by atoms with van der Waals surface area (Å²) in [5.41, 5.74) is 3.30. The van der Waals surface area contributed by atoms with Crippen LogP contribution in [0.3, 0.4) is 0 Å². The quantitative estimate of drug-likeness (QED) is 0.548. The highest BCUT2D eigenvalue weighted by Crippen LogP contribution is 2.30. The molecule has 4 rings (SSSR count). The Labute approximate surface area is 151 Å². The zero-order valence-corrected chi connectivity index (χ0v) is 14.1. The van der Waals surface area contributed by atoms with E-state index in [2.05, 4.69) is 25.1 Å². The van der Waals surface area contributed by atoms with Crippen LogP contribution in [0.25, 0.3) is 22.2 Å². The molecular formula is C18H14F3N5O. The standard InChI is InChI=1S/C18H14F3N5O/c1-26-10-11(9-23-26)16-8-14-15(25-16)6-7-22-17(14)24-12-2-4-13(5-3-12)27-18(19,20)21/h2-10,25H,1H3,(H,22,24). The van der Waals surface area contributed by atoms with Crippen LogP contribution in [0, 0.1) is 0 Å². The molecule has 4 aromatic rings. The summed E-state index contributed by atoms with van der Waals surface area (Å²) in [6, 6.07) is 9.28. The van der Waals surface area contributed by atoms with E-state index in [-0.39, 0.29) is 5.75 Å². The second-order valence-electron chi connectivity index (χ2n) is 5.90. The summed E-state index contributed by atoms with van der Waals surface area (Å²) in [6.45, 7) is 0. The second-order valence-corrected chi connectivity index (χ2v) is 5.90. The van der Waals surface area contributed by atoms with E-state index in [9.17, 15) is 13.2 Å². The van der Waals surface area contributed by atoms with Crippen molar-refractivity contribution in [3.63, 3.8) is 0 Å². The van der Waals surface area contributed by atoms with Gasteiger partial charge in [-0.3, -0.25) is 4.68 Å². The van der Waals surface area contributed by atoms with E-state index >= 15 is 0 Å². The fourth-order valence-electron chi connectivity index (χ4n) is 2.75. The number of rotatable bonds is 4. The summed E-state index contributed by atoms with van der Waals surface area (Å²) < 4.78 is 42.3. The van der Waals surface area contributed by atoms with E-state index in [4.69, 9.17) is 0 Å². The van der Waals surface area contributed by atoms with Crippen molar-refractivity contribution in [1.29, 1.82) is 0 Å². The Morgan fingerprint density at radius 3 is 2.59 bits per heavy atom. The lowest BCUT2D eigenvalue weighted by atomic mass is 10.2. The highest BCUT2D eigenvalue weighted by Gasteiger charge is 2.30. The van der Waals surface area contributed by atoms with Crippen molar-refractivity contribution in [2.75, 3.05) is 5.32 Å². The van der Waals surface area contributed by atoms with Gasteiger partial charge >= 0.3 is 6.36 Å². The fraction of sp³-hybridized carbons (Fsp3) is 0.111. The summed E-state index contributed by atoms with van der Waals surface area (Å²) in [6.07, 6.45) is 0.584. The molecule has 0 bridgehead atoms. The Balaban J connectivity index is 1.61. The minimum Gasteiger partial charge on any atom is -0.406 e. The van der Waals surface area contributed by atoms with E-state index in [1.165, 1.54) is 24.3 Å². The van der Waals surface area contributed by atoms with Crippen LogP contribution in [-0.4, -0.2) is 26.1 Å². The van der Waals surface area contributed by atoms with Crippen molar-refractivity contribution in [1.82, 2.24) is 19.7 Å². The molecule has 1 aromatic carbocycles. The number of halogens is 3. The highest BCUT2D eigenvalue weighted by atomic mass is 19.4. The molecule has 0 unspecified atom stereocenters. The van der Waals surface area contributed by atoms with Crippen LogP contribution < -0.4 is 10.1 Å². The van der Waals surface area contributed by atoms with Gasteiger partial charge in [-0.25, -0.2) is 4.98 Å². The molecule has 9 heteroatoms. The van der Waals surface area contributed by atoms with Crippen molar-refractivity contribution in [3.8, 4) is 17.0 Å². The number of pyridine rings is 1. The average Bonchev–Trinajstić information content (AvgIpc) is 3.22. The molecule has 2 N–H and O–H groups in total. The zero-order valence-electron chi connectivity index (χ0n) is 14.1. The van der Waals surface area contributed by atoms with Crippen LogP contribution in [0.4, 0.5) is 24.7 Å². The Kier molecular flexibility index (Phi) is 3.98. The molecule has 3 aromatic heterocycles. The summed E-state index contributed by atoms with van der Waals surface area (Å²) in [5, 5.41) is 8.13. The number of nitrogens with zero attached hydrogens (tertiary/aromatic N) is 3. The third-order valence-electron chi connectivity index (χ3n) is 3.91. The van der Waals surface area contributed by atoms with Gasteiger partial charge in [0.1, 0.15) is 11.6 Å². The Bertz CT molecular complexity index is 1080. The van der Waals surface area contributed by atoms with E-state index in [0.29, 0.717) is 11.5 Å². The summed E-state index contributed by atoms with van der Waals surface area (Å²) in [7, 11) is 1.84. The smallest absolute Gasteiger partial charge is 0.406 e. The first-order chi connectivity index (χ1) is 12.9. The van der Waals surface area contributed by atoms with Gasteiger partial charge in [0.25, 0.3) is 0 Å². The molecule has 0 saturated heterocycles. The number of ether oxygens (including phenoxy) is 1. The minimum atomic E-state index is -4.71. The third kappa shape index (κ3) is 3.71. The first-order valence-electron chi connectivity index (χ1n) is 7.97. The molecule has 27 heavy (non-hydrogen) atoms. The van der Waals surface area contributed by atoms with Gasteiger partial charge < -0.3 is 15.0 Å². The number of hydrogen-bond donors (Lipinski definition) is 2. The van der Waals surface area contributed by atoms with Gasteiger partial charge in [-0.2, -0.15) is 5.10 Å². The molecule has 0 fully saturated rings. The molecule has 0 aliphatic rings. The van der Waals surface area contributed by atoms with Crippen molar-refractivity contribution < 1.29 is 17.9 Å². The SMILES string of the molecule is Cn1cc(-c2cc3c(Nc4ccc(OC(F)(F)F)cc4)nccc3[nH]2)cn1. The van der Waals surface area contributed by atoms with E-state index < -0.39 is 6.36 Å². The van der Waals surface area contributed by atoms with E-state index in [1.807, 2.05) is 25.4 Å². The molecule has 3 heterocycles. The van der Waals surface area contributed by atoms with E-state index in [0.717, 1.165) is 22.2 Å². The molecule has 0 radical (unpaired) electrons. The fourth-order valence-corrected chi connectivity index (χ4v) is 2.75. The summed E-state index contributed by atoms with van der Waals surface area (Å²) in [4.78, 5) is 7.64. The summed E-state index contributed by atoms with van der Waals surface area (Å²) in [5.74, 6) is 0.308. The molecule has 0 amide bonds. The number of aryl methyl sites for hydroxylation is 1. The molecule has 0 saturated carbocycles. The normalized spacial score (nSPS) is 11.7. The Hall–Kier alpha value is -3.49.